The topological polar surface area (TPSA) is 48.2 Å². The number of nitrogens with zero attached hydrogens (tertiary/aromatic N) is 2. The van der Waals surface area contributed by atoms with Crippen molar-refractivity contribution >= 4 is 0 Å². The van der Waals surface area contributed by atoms with Gasteiger partial charge < -0.3 is 9.26 Å². The highest BCUT2D eigenvalue weighted by molar-refractivity contribution is 5.30. The van der Waals surface area contributed by atoms with E-state index in [2.05, 4.69) is 42.2 Å². The number of hydrogen-bond acceptors (Lipinski definition) is 4. The van der Waals surface area contributed by atoms with Gasteiger partial charge in [-0.05, 0) is 32.3 Å². The molecule has 0 N–H and O–H groups in total. The van der Waals surface area contributed by atoms with Crippen LogP contribution in [0, 0.1) is 13.8 Å². The second kappa shape index (κ2) is 5.13. The zero-order chi connectivity index (χ0) is 13.2. The van der Waals surface area contributed by atoms with Crippen LogP contribution < -0.4 is 0 Å². The molecule has 2 heterocycles. The average Bonchev–Trinajstić information content (AvgIpc) is 2.96. The monoisotopic (exact) mass is 258 g/mol. The van der Waals surface area contributed by atoms with Gasteiger partial charge in [-0.3, -0.25) is 0 Å². The second-order valence-corrected chi connectivity index (χ2v) is 5.22. The molecule has 100 valence electrons. The minimum atomic E-state index is 0.000459. The third-order valence-corrected chi connectivity index (χ3v) is 3.33. The zero-order valence-corrected chi connectivity index (χ0v) is 11.3. The van der Waals surface area contributed by atoms with Gasteiger partial charge in [0.15, 0.2) is 5.82 Å². The maximum atomic E-state index is 5.54. The fourth-order valence-electron chi connectivity index (χ4n) is 2.60. The quantitative estimate of drug-likeness (QED) is 0.848. The van der Waals surface area contributed by atoms with Crippen LogP contribution in [0.2, 0.25) is 0 Å². The number of hydrogen-bond donors (Lipinski definition) is 0. The first-order valence-corrected chi connectivity index (χ1v) is 6.72. The standard InChI is InChI=1S/C15H18N2O2/c1-10-6-11(2)8-12(7-10)9-14-16-15(19-17-14)13-4-3-5-18-13/h6-8,13H,3-5,9H2,1-2H3/t13-/m1/s1. The van der Waals surface area contributed by atoms with Gasteiger partial charge in [0.2, 0.25) is 0 Å². The Balaban J connectivity index is 1.76. The Morgan fingerprint density at radius 1 is 1.21 bits per heavy atom. The molecule has 0 radical (unpaired) electrons. The van der Waals surface area contributed by atoms with Crippen LogP contribution in [-0.4, -0.2) is 16.7 Å². The highest BCUT2D eigenvalue weighted by atomic mass is 16.5. The molecule has 0 bridgehead atoms. The lowest BCUT2D eigenvalue weighted by Gasteiger charge is -2.02. The van der Waals surface area contributed by atoms with Gasteiger partial charge in [-0.1, -0.05) is 34.5 Å². The summed E-state index contributed by atoms with van der Waals surface area (Å²) in [5.74, 6) is 1.35. The van der Waals surface area contributed by atoms with Crippen molar-refractivity contribution in [1.29, 1.82) is 0 Å². The summed E-state index contributed by atoms with van der Waals surface area (Å²) in [7, 11) is 0. The van der Waals surface area contributed by atoms with Gasteiger partial charge in [-0.15, -0.1) is 0 Å². The molecule has 4 nitrogen and oxygen atoms in total. The lowest BCUT2D eigenvalue weighted by Crippen LogP contribution is -1.97. The largest absolute Gasteiger partial charge is 0.368 e. The van der Waals surface area contributed by atoms with E-state index in [0.717, 1.165) is 25.3 Å². The normalized spacial score (nSPS) is 18.9. The van der Waals surface area contributed by atoms with Gasteiger partial charge in [-0.2, -0.15) is 4.98 Å². The van der Waals surface area contributed by atoms with E-state index >= 15 is 0 Å². The van der Waals surface area contributed by atoms with Crippen LogP contribution in [0.3, 0.4) is 0 Å². The molecule has 1 fully saturated rings. The number of aryl methyl sites for hydroxylation is 2. The lowest BCUT2D eigenvalue weighted by molar-refractivity contribution is 0.0835. The Hall–Kier alpha value is -1.68. The molecule has 3 rings (SSSR count). The predicted octanol–water partition coefficient (Wildman–Crippen LogP) is 3.13. The van der Waals surface area contributed by atoms with Gasteiger partial charge in [-0.25, -0.2) is 0 Å². The molecular weight excluding hydrogens is 240 g/mol. The van der Waals surface area contributed by atoms with E-state index < -0.39 is 0 Å². The fraction of sp³-hybridized carbons (Fsp3) is 0.467. The Morgan fingerprint density at radius 2 is 2.00 bits per heavy atom. The molecule has 0 amide bonds. The van der Waals surface area contributed by atoms with Gasteiger partial charge in [0.25, 0.3) is 5.89 Å². The third kappa shape index (κ3) is 2.84. The van der Waals surface area contributed by atoms with Crippen molar-refractivity contribution in [3.05, 3.63) is 46.6 Å². The van der Waals surface area contributed by atoms with Gasteiger partial charge >= 0.3 is 0 Å². The molecule has 1 aromatic carbocycles. The summed E-state index contributed by atoms with van der Waals surface area (Å²) in [5, 5.41) is 4.05. The fourth-order valence-corrected chi connectivity index (χ4v) is 2.60. The van der Waals surface area contributed by atoms with Gasteiger partial charge in [0.05, 0.1) is 0 Å². The van der Waals surface area contributed by atoms with E-state index in [9.17, 15) is 0 Å². The van der Waals surface area contributed by atoms with Crippen LogP contribution in [0.25, 0.3) is 0 Å². The van der Waals surface area contributed by atoms with E-state index in [0.29, 0.717) is 12.3 Å². The van der Waals surface area contributed by atoms with Crippen LogP contribution in [0.4, 0.5) is 0 Å². The molecule has 0 unspecified atom stereocenters. The molecule has 4 heteroatoms. The molecule has 1 saturated heterocycles. The van der Waals surface area contributed by atoms with Crippen LogP contribution >= 0.6 is 0 Å². The van der Waals surface area contributed by atoms with Crippen LogP contribution in [0.5, 0.6) is 0 Å². The first-order chi connectivity index (χ1) is 9.20. The maximum Gasteiger partial charge on any atom is 0.255 e. The van der Waals surface area contributed by atoms with Crippen LogP contribution in [-0.2, 0) is 11.2 Å². The van der Waals surface area contributed by atoms with Crippen molar-refractivity contribution in [3.8, 4) is 0 Å². The molecule has 0 saturated carbocycles. The lowest BCUT2D eigenvalue weighted by atomic mass is 10.1. The van der Waals surface area contributed by atoms with Gasteiger partial charge in [0, 0.05) is 13.0 Å². The Morgan fingerprint density at radius 3 is 2.68 bits per heavy atom. The summed E-state index contributed by atoms with van der Waals surface area (Å²) < 4.78 is 10.8. The third-order valence-electron chi connectivity index (χ3n) is 3.33. The van der Waals surface area contributed by atoms with E-state index in [1.807, 2.05) is 0 Å². The zero-order valence-electron chi connectivity index (χ0n) is 11.3. The minimum Gasteiger partial charge on any atom is -0.368 e. The summed E-state index contributed by atoms with van der Waals surface area (Å²) in [5.41, 5.74) is 3.74. The molecule has 0 spiro atoms. The number of rotatable bonds is 3. The molecule has 1 aromatic heterocycles. The summed E-state index contributed by atoms with van der Waals surface area (Å²) in [6.07, 6.45) is 2.75. The first-order valence-electron chi connectivity index (χ1n) is 6.72. The number of ether oxygens (including phenoxy) is 1. The van der Waals surface area contributed by atoms with Crippen molar-refractivity contribution in [2.75, 3.05) is 6.61 Å². The second-order valence-electron chi connectivity index (χ2n) is 5.22. The van der Waals surface area contributed by atoms with E-state index in [1.165, 1.54) is 16.7 Å². The maximum absolute atomic E-state index is 5.54. The molecule has 19 heavy (non-hydrogen) atoms. The van der Waals surface area contributed by atoms with Gasteiger partial charge in [0.1, 0.15) is 6.10 Å². The van der Waals surface area contributed by atoms with E-state index in [-0.39, 0.29) is 6.10 Å². The summed E-state index contributed by atoms with van der Waals surface area (Å²) in [6, 6.07) is 6.49. The van der Waals surface area contributed by atoms with Crippen molar-refractivity contribution in [3.63, 3.8) is 0 Å². The number of aromatic nitrogens is 2. The minimum absolute atomic E-state index is 0.000459. The van der Waals surface area contributed by atoms with Crippen LogP contribution in [0.15, 0.2) is 22.7 Å². The molecule has 1 aliphatic rings. The first kappa shape index (κ1) is 12.4. The Labute approximate surface area is 112 Å². The summed E-state index contributed by atoms with van der Waals surface area (Å²) in [4.78, 5) is 4.44. The molecular formula is C15H18N2O2. The van der Waals surface area contributed by atoms with Crippen molar-refractivity contribution in [1.82, 2.24) is 10.1 Å². The Kier molecular flexibility index (Phi) is 3.34. The average molecular weight is 258 g/mol. The van der Waals surface area contributed by atoms with E-state index in [4.69, 9.17) is 9.26 Å². The highest BCUT2D eigenvalue weighted by Gasteiger charge is 2.23. The Bertz CT molecular complexity index is 551. The van der Waals surface area contributed by atoms with Crippen molar-refractivity contribution in [2.45, 2.75) is 39.2 Å². The molecule has 0 aliphatic carbocycles. The van der Waals surface area contributed by atoms with Crippen molar-refractivity contribution in [2.24, 2.45) is 0 Å². The SMILES string of the molecule is Cc1cc(C)cc(Cc2noc([C@H]3CCCO3)n2)c1. The van der Waals surface area contributed by atoms with E-state index in [1.54, 1.807) is 0 Å². The van der Waals surface area contributed by atoms with Crippen LogP contribution in [0.1, 0.15) is 47.4 Å². The van der Waals surface area contributed by atoms with Crippen molar-refractivity contribution < 1.29 is 9.26 Å². The smallest absolute Gasteiger partial charge is 0.255 e. The molecule has 1 atom stereocenters. The molecule has 1 aliphatic heterocycles. The summed E-state index contributed by atoms with van der Waals surface area (Å²) in [6.45, 7) is 4.99. The number of benzene rings is 1. The molecule has 2 aromatic rings. The predicted molar refractivity (Wildman–Crippen MR) is 70.9 cm³/mol. The highest BCUT2D eigenvalue weighted by Crippen LogP contribution is 2.27. The summed E-state index contributed by atoms with van der Waals surface area (Å²) >= 11 is 0.